The van der Waals surface area contributed by atoms with Crippen LogP contribution < -0.4 is 0 Å². The molecular formula is C12H14N2OS. The highest BCUT2D eigenvalue weighted by Gasteiger charge is 2.10. The Morgan fingerprint density at radius 3 is 3.00 bits per heavy atom. The molecule has 2 rings (SSSR count). The third-order valence-corrected chi connectivity index (χ3v) is 3.71. The second-order valence-electron chi connectivity index (χ2n) is 3.83. The van der Waals surface area contributed by atoms with Crippen molar-refractivity contribution in [3.05, 3.63) is 29.0 Å². The van der Waals surface area contributed by atoms with Crippen molar-refractivity contribution < 1.29 is 4.79 Å². The van der Waals surface area contributed by atoms with Crippen LogP contribution in [-0.2, 0) is 11.2 Å². The highest BCUT2D eigenvalue weighted by Crippen LogP contribution is 2.28. The van der Waals surface area contributed by atoms with Crippen molar-refractivity contribution in [2.45, 2.75) is 26.7 Å². The predicted octanol–water partition coefficient (Wildman–Crippen LogP) is 2.97. The van der Waals surface area contributed by atoms with E-state index in [-0.39, 0.29) is 5.78 Å². The number of Topliss-reactive ketones (excluding diaryl/α,β-unsaturated/α-hetero) is 1. The average Bonchev–Trinajstić information content (AvgIpc) is 2.83. The van der Waals surface area contributed by atoms with E-state index in [2.05, 4.69) is 9.97 Å². The highest BCUT2D eigenvalue weighted by atomic mass is 32.1. The molecule has 0 unspecified atom stereocenters. The summed E-state index contributed by atoms with van der Waals surface area (Å²) in [5.74, 6) is 0.232. The lowest BCUT2D eigenvalue weighted by molar-refractivity contribution is -0.116. The minimum atomic E-state index is 0.232. The molecule has 2 aromatic rings. The van der Waals surface area contributed by atoms with Gasteiger partial charge in [0.05, 0.1) is 5.69 Å². The molecule has 0 saturated carbocycles. The number of aromatic nitrogens is 2. The first-order valence-corrected chi connectivity index (χ1v) is 6.07. The van der Waals surface area contributed by atoms with Crippen molar-refractivity contribution in [2.24, 2.45) is 0 Å². The zero-order valence-electron chi connectivity index (χ0n) is 9.41. The van der Waals surface area contributed by atoms with Crippen molar-refractivity contribution in [1.82, 2.24) is 9.97 Å². The quantitative estimate of drug-likeness (QED) is 0.884. The van der Waals surface area contributed by atoms with Gasteiger partial charge in [-0.25, -0.2) is 4.98 Å². The molecule has 0 aliphatic rings. The molecule has 0 aromatic carbocycles. The largest absolute Gasteiger partial charge is 0.367 e. The Morgan fingerprint density at radius 1 is 1.56 bits per heavy atom. The minimum absolute atomic E-state index is 0.232. The van der Waals surface area contributed by atoms with Crippen LogP contribution in [0.15, 0.2) is 18.5 Å². The van der Waals surface area contributed by atoms with Crippen molar-refractivity contribution in [3.63, 3.8) is 0 Å². The number of nitrogens with zero attached hydrogens (tertiary/aromatic N) is 1. The summed E-state index contributed by atoms with van der Waals surface area (Å²) in [5, 5.41) is 1.03. The first kappa shape index (κ1) is 11.1. The summed E-state index contributed by atoms with van der Waals surface area (Å²) in [6.07, 6.45) is 5.24. The minimum Gasteiger partial charge on any atom is -0.367 e. The lowest BCUT2D eigenvalue weighted by Crippen LogP contribution is -1.93. The number of rotatable bonds is 4. The van der Waals surface area contributed by atoms with Crippen LogP contribution in [0, 0.1) is 6.92 Å². The van der Waals surface area contributed by atoms with Gasteiger partial charge in [0.1, 0.15) is 10.8 Å². The first-order valence-electron chi connectivity index (χ1n) is 5.25. The summed E-state index contributed by atoms with van der Waals surface area (Å²) in [6.45, 7) is 3.63. The number of nitrogens with one attached hydrogen (secondary N) is 1. The topological polar surface area (TPSA) is 45.8 Å². The Bertz CT molecular complexity index is 485. The average molecular weight is 234 g/mol. The zero-order valence-corrected chi connectivity index (χ0v) is 10.2. The van der Waals surface area contributed by atoms with Crippen molar-refractivity contribution in [1.29, 1.82) is 0 Å². The summed E-state index contributed by atoms with van der Waals surface area (Å²) in [7, 11) is 0. The lowest BCUT2D eigenvalue weighted by atomic mass is 10.2. The number of aryl methyl sites for hydroxylation is 2. The molecule has 0 saturated heterocycles. The van der Waals surface area contributed by atoms with E-state index in [1.165, 1.54) is 4.88 Å². The van der Waals surface area contributed by atoms with Crippen LogP contribution >= 0.6 is 11.3 Å². The molecule has 0 amide bonds. The second-order valence-corrected chi connectivity index (χ2v) is 4.91. The molecule has 84 valence electrons. The molecule has 1 N–H and O–H groups in total. The number of carbonyl (C=O) groups excluding carboxylic acids is 1. The third-order valence-electron chi connectivity index (χ3n) is 2.44. The maximum absolute atomic E-state index is 10.9. The fourth-order valence-corrected chi connectivity index (χ4v) is 2.59. The van der Waals surface area contributed by atoms with E-state index < -0.39 is 0 Å². The molecule has 3 nitrogen and oxygen atoms in total. The lowest BCUT2D eigenvalue weighted by Gasteiger charge is -1.93. The predicted molar refractivity (Wildman–Crippen MR) is 65.6 cm³/mol. The molecule has 2 aromatic heterocycles. The van der Waals surface area contributed by atoms with Gasteiger partial charge in [0, 0.05) is 29.3 Å². The van der Waals surface area contributed by atoms with Crippen LogP contribution in [0.5, 0.6) is 0 Å². The maximum atomic E-state index is 10.9. The van der Waals surface area contributed by atoms with Crippen LogP contribution in [0.4, 0.5) is 0 Å². The van der Waals surface area contributed by atoms with Crippen molar-refractivity contribution >= 4 is 17.1 Å². The normalized spacial score (nSPS) is 10.6. The van der Waals surface area contributed by atoms with E-state index in [1.54, 1.807) is 18.3 Å². The number of ketones is 1. The molecule has 0 radical (unpaired) electrons. The molecule has 0 atom stereocenters. The molecule has 4 heteroatoms. The van der Waals surface area contributed by atoms with Crippen LogP contribution in [0.25, 0.3) is 10.6 Å². The van der Waals surface area contributed by atoms with Crippen LogP contribution in [-0.4, -0.2) is 15.8 Å². The molecule has 16 heavy (non-hydrogen) atoms. The van der Waals surface area contributed by atoms with E-state index in [0.29, 0.717) is 6.42 Å². The summed E-state index contributed by atoms with van der Waals surface area (Å²) in [4.78, 5) is 19.7. The van der Waals surface area contributed by atoms with E-state index >= 15 is 0 Å². The molecule has 0 spiro atoms. The Labute approximate surface area is 98.5 Å². The number of H-pyrrole nitrogens is 1. The summed E-state index contributed by atoms with van der Waals surface area (Å²) in [6, 6.07) is 2.01. The number of aromatic amines is 1. The molecule has 0 fully saturated rings. The van der Waals surface area contributed by atoms with E-state index in [4.69, 9.17) is 0 Å². The second kappa shape index (κ2) is 4.61. The van der Waals surface area contributed by atoms with Gasteiger partial charge in [0.25, 0.3) is 0 Å². The Kier molecular flexibility index (Phi) is 3.19. The summed E-state index contributed by atoms with van der Waals surface area (Å²) in [5.41, 5.74) is 2.16. The molecule has 0 aliphatic carbocycles. The Hall–Kier alpha value is -1.42. The first-order chi connectivity index (χ1) is 7.66. The van der Waals surface area contributed by atoms with Gasteiger partial charge >= 0.3 is 0 Å². The van der Waals surface area contributed by atoms with E-state index in [0.717, 1.165) is 22.7 Å². The summed E-state index contributed by atoms with van der Waals surface area (Å²) >= 11 is 1.68. The van der Waals surface area contributed by atoms with Crippen molar-refractivity contribution in [3.8, 4) is 10.6 Å². The molecule has 0 bridgehead atoms. The Morgan fingerprint density at radius 2 is 2.38 bits per heavy atom. The summed E-state index contributed by atoms with van der Waals surface area (Å²) < 4.78 is 0. The van der Waals surface area contributed by atoms with Gasteiger partial charge in [-0.15, -0.1) is 11.3 Å². The van der Waals surface area contributed by atoms with E-state index in [9.17, 15) is 4.79 Å². The number of hydrogen-bond donors (Lipinski definition) is 1. The Balaban J connectivity index is 2.19. The van der Waals surface area contributed by atoms with Gasteiger partial charge < -0.3 is 9.78 Å². The highest BCUT2D eigenvalue weighted by molar-refractivity contribution is 7.15. The van der Waals surface area contributed by atoms with E-state index in [1.807, 2.05) is 25.4 Å². The van der Waals surface area contributed by atoms with Crippen molar-refractivity contribution in [2.75, 3.05) is 0 Å². The standard InChI is InChI=1S/C12H14N2OS/c1-8(15)3-4-11-9(2)14-12(16-11)10-5-6-13-7-10/h5-7,13H,3-4H2,1-2H3. The molecule has 0 aliphatic heterocycles. The van der Waals surface area contributed by atoms with Gasteiger partial charge in [-0.2, -0.15) is 0 Å². The van der Waals surface area contributed by atoms with Gasteiger partial charge in [0.2, 0.25) is 0 Å². The van der Waals surface area contributed by atoms with Crippen LogP contribution in [0.1, 0.15) is 23.9 Å². The number of hydrogen-bond acceptors (Lipinski definition) is 3. The number of carbonyl (C=O) groups is 1. The van der Waals surface area contributed by atoms with Gasteiger partial charge in [-0.1, -0.05) is 0 Å². The van der Waals surface area contributed by atoms with Crippen LogP contribution in [0.3, 0.4) is 0 Å². The fraction of sp³-hybridized carbons (Fsp3) is 0.333. The smallest absolute Gasteiger partial charge is 0.130 e. The molecule has 2 heterocycles. The van der Waals surface area contributed by atoms with Gasteiger partial charge in [-0.3, -0.25) is 0 Å². The SMILES string of the molecule is CC(=O)CCc1sc(-c2cc[nH]c2)nc1C. The third kappa shape index (κ3) is 2.39. The van der Waals surface area contributed by atoms with Crippen LogP contribution in [0.2, 0.25) is 0 Å². The monoisotopic (exact) mass is 234 g/mol. The zero-order chi connectivity index (χ0) is 11.5. The number of thiazole rings is 1. The van der Waals surface area contributed by atoms with Gasteiger partial charge in [-0.05, 0) is 26.3 Å². The van der Waals surface area contributed by atoms with Gasteiger partial charge in [0.15, 0.2) is 0 Å². The molecular weight excluding hydrogens is 220 g/mol. The fourth-order valence-electron chi connectivity index (χ4n) is 1.53. The maximum Gasteiger partial charge on any atom is 0.130 e.